The molecular weight excluding hydrogens is 480 g/mol. The molecule has 4 rings (SSSR count). The van der Waals surface area contributed by atoms with Crippen molar-refractivity contribution in [3.05, 3.63) is 95.2 Å². The van der Waals surface area contributed by atoms with Crippen molar-refractivity contribution in [2.75, 3.05) is 4.90 Å². The summed E-state index contributed by atoms with van der Waals surface area (Å²) >= 11 is 6.55. The summed E-state index contributed by atoms with van der Waals surface area (Å²) in [5, 5.41) is 2.56. The lowest BCUT2D eigenvalue weighted by molar-refractivity contribution is -0.113. The van der Waals surface area contributed by atoms with E-state index in [1.54, 1.807) is 22.9 Å². The van der Waals surface area contributed by atoms with Crippen LogP contribution in [0.1, 0.15) is 5.76 Å². The zero-order chi connectivity index (χ0) is 20.9. The van der Waals surface area contributed by atoms with E-state index in [1.807, 2.05) is 66.0 Å². The van der Waals surface area contributed by atoms with Crippen molar-refractivity contribution >= 4 is 55.8 Å². The topological polar surface area (TPSA) is 46.3 Å². The first-order valence-corrected chi connectivity index (χ1v) is 11.7. The average molecular weight is 497 g/mol. The fourth-order valence-electron chi connectivity index (χ4n) is 2.78. The summed E-state index contributed by atoms with van der Waals surface area (Å²) in [5.41, 5.74) is 2.57. The highest BCUT2D eigenvalue weighted by atomic mass is 79.9. The van der Waals surface area contributed by atoms with Crippen molar-refractivity contribution in [1.29, 1.82) is 0 Å². The van der Waals surface area contributed by atoms with Gasteiger partial charge in [0.05, 0.1) is 23.4 Å². The number of thioether (sulfide) groups is 1. The zero-order valence-electron chi connectivity index (χ0n) is 15.8. The van der Waals surface area contributed by atoms with Gasteiger partial charge in [0.1, 0.15) is 5.76 Å². The molecule has 0 fully saturated rings. The maximum Gasteiger partial charge on any atom is 0.256 e. The van der Waals surface area contributed by atoms with E-state index >= 15 is 0 Å². The minimum atomic E-state index is -0.220. The minimum Gasteiger partial charge on any atom is -0.468 e. The van der Waals surface area contributed by atoms with Crippen molar-refractivity contribution in [2.24, 2.45) is 0 Å². The normalized spacial score (nSPS) is 10.7. The van der Waals surface area contributed by atoms with Crippen LogP contribution in [0, 0.1) is 0 Å². The molecule has 0 unspecified atom stereocenters. The van der Waals surface area contributed by atoms with Gasteiger partial charge in [-0.3, -0.25) is 9.69 Å². The second-order valence-electron chi connectivity index (χ2n) is 6.26. The van der Waals surface area contributed by atoms with Crippen LogP contribution in [-0.2, 0) is 10.5 Å². The summed E-state index contributed by atoms with van der Waals surface area (Å²) in [6.45, 7) is 3.65. The molecule has 0 radical (unpaired) electrons. The Labute approximate surface area is 191 Å². The Morgan fingerprint density at radius 2 is 1.93 bits per heavy atom. The quantitative estimate of drug-likeness (QED) is 0.198. The number of furan rings is 1. The number of rotatable bonds is 7. The van der Waals surface area contributed by atoms with E-state index in [2.05, 4.69) is 22.5 Å². The van der Waals surface area contributed by atoms with Crippen molar-refractivity contribution < 1.29 is 9.21 Å². The van der Waals surface area contributed by atoms with Crippen LogP contribution >= 0.6 is 39.0 Å². The highest BCUT2D eigenvalue weighted by molar-refractivity contribution is 9.10. The van der Waals surface area contributed by atoms with E-state index in [0.29, 0.717) is 5.13 Å². The fourth-order valence-corrected chi connectivity index (χ4v) is 4.71. The van der Waals surface area contributed by atoms with Crippen LogP contribution in [0.3, 0.4) is 0 Å². The Balaban J connectivity index is 1.56. The van der Waals surface area contributed by atoms with Crippen LogP contribution in [0.2, 0.25) is 0 Å². The second-order valence-corrected chi connectivity index (χ2v) is 9.06. The smallest absolute Gasteiger partial charge is 0.256 e. The van der Waals surface area contributed by atoms with Crippen molar-refractivity contribution in [3.8, 4) is 11.3 Å². The number of amides is 1. The summed E-state index contributed by atoms with van der Waals surface area (Å²) in [4.78, 5) is 20.0. The molecule has 2 heterocycles. The molecule has 0 N–H and O–H groups in total. The molecule has 0 spiro atoms. The SMILES string of the molecule is C=CC(=O)N(c1ccc(SCc2ccco2)cc1)c1nc(-c2ccc(Br)cc2)cs1. The van der Waals surface area contributed by atoms with Crippen LogP contribution in [0.25, 0.3) is 11.3 Å². The molecule has 150 valence electrons. The molecule has 0 saturated heterocycles. The Hall–Kier alpha value is -2.61. The standard InChI is InChI=1S/C23H17BrN2O2S2/c1-2-22(27)26(23-25-21(15-30-23)16-5-7-17(24)8-6-16)18-9-11-20(12-10-18)29-14-19-4-3-13-28-19/h2-13,15H,1,14H2. The van der Waals surface area contributed by atoms with E-state index < -0.39 is 0 Å². The number of nitrogens with zero attached hydrogens (tertiary/aromatic N) is 2. The number of halogens is 1. The predicted molar refractivity (Wildman–Crippen MR) is 127 cm³/mol. The fraction of sp³-hybridized carbons (Fsp3) is 0.0435. The average Bonchev–Trinajstić information content (AvgIpc) is 3.46. The van der Waals surface area contributed by atoms with Crippen molar-refractivity contribution in [2.45, 2.75) is 10.6 Å². The maximum absolute atomic E-state index is 12.6. The molecule has 2 aromatic heterocycles. The highest BCUT2D eigenvalue weighted by Crippen LogP contribution is 2.34. The highest BCUT2D eigenvalue weighted by Gasteiger charge is 2.19. The monoisotopic (exact) mass is 496 g/mol. The molecular formula is C23H17BrN2O2S2. The van der Waals surface area contributed by atoms with Gasteiger partial charge in [0.2, 0.25) is 0 Å². The zero-order valence-corrected chi connectivity index (χ0v) is 19.0. The summed E-state index contributed by atoms with van der Waals surface area (Å²) in [5.74, 6) is 1.46. The van der Waals surface area contributed by atoms with Crippen molar-refractivity contribution in [3.63, 3.8) is 0 Å². The van der Waals surface area contributed by atoms with Gasteiger partial charge in [0.15, 0.2) is 5.13 Å². The molecule has 0 aliphatic carbocycles. The molecule has 4 aromatic rings. The van der Waals surface area contributed by atoms with Crippen LogP contribution in [-0.4, -0.2) is 10.9 Å². The van der Waals surface area contributed by atoms with E-state index in [1.165, 1.54) is 17.4 Å². The number of hydrogen-bond donors (Lipinski definition) is 0. The molecule has 0 aliphatic heterocycles. The third-order valence-electron chi connectivity index (χ3n) is 4.27. The van der Waals surface area contributed by atoms with E-state index in [4.69, 9.17) is 9.40 Å². The molecule has 2 aromatic carbocycles. The van der Waals surface area contributed by atoms with Gasteiger partial charge in [-0.2, -0.15) is 0 Å². The van der Waals surface area contributed by atoms with Gasteiger partial charge in [-0.05, 0) is 54.6 Å². The minimum absolute atomic E-state index is 0.220. The van der Waals surface area contributed by atoms with Gasteiger partial charge in [0, 0.05) is 20.3 Å². The lowest BCUT2D eigenvalue weighted by atomic mass is 10.2. The molecule has 1 amide bonds. The first-order chi connectivity index (χ1) is 14.6. The van der Waals surface area contributed by atoms with Gasteiger partial charge < -0.3 is 4.42 Å². The Kier molecular flexibility index (Phi) is 6.52. The number of hydrogen-bond acceptors (Lipinski definition) is 5. The van der Waals surface area contributed by atoms with Gasteiger partial charge in [0.25, 0.3) is 5.91 Å². The summed E-state index contributed by atoms with van der Waals surface area (Å²) in [6.07, 6.45) is 2.98. The molecule has 7 heteroatoms. The van der Waals surface area contributed by atoms with Gasteiger partial charge >= 0.3 is 0 Å². The van der Waals surface area contributed by atoms with Crippen LogP contribution in [0.5, 0.6) is 0 Å². The van der Waals surface area contributed by atoms with E-state index in [9.17, 15) is 4.79 Å². The summed E-state index contributed by atoms with van der Waals surface area (Å²) < 4.78 is 6.38. The van der Waals surface area contributed by atoms with Crippen LogP contribution in [0.15, 0.2) is 98.7 Å². The predicted octanol–water partition coefficient (Wildman–Crippen LogP) is 7.31. The van der Waals surface area contributed by atoms with Gasteiger partial charge in [-0.15, -0.1) is 23.1 Å². The Bertz CT molecular complexity index is 1140. The Morgan fingerprint density at radius 3 is 2.60 bits per heavy atom. The number of benzene rings is 2. The van der Waals surface area contributed by atoms with Gasteiger partial charge in [-0.1, -0.05) is 34.6 Å². The first kappa shape index (κ1) is 20.7. The number of carbonyl (C=O) groups excluding carboxylic acids is 1. The third-order valence-corrected chi connectivity index (χ3v) is 6.66. The molecule has 4 nitrogen and oxygen atoms in total. The maximum atomic E-state index is 12.6. The largest absolute Gasteiger partial charge is 0.468 e. The summed E-state index contributed by atoms with van der Waals surface area (Å²) in [7, 11) is 0. The number of aromatic nitrogens is 1. The van der Waals surface area contributed by atoms with Gasteiger partial charge in [-0.25, -0.2) is 4.98 Å². The van der Waals surface area contributed by atoms with E-state index in [-0.39, 0.29) is 5.91 Å². The van der Waals surface area contributed by atoms with Crippen LogP contribution in [0.4, 0.5) is 10.8 Å². The Morgan fingerprint density at radius 1 is 1.17 bits per heavy atom. The molecule has 0 saturated carbocycles. The second kappa shape index (κ2) is 9.47. The number of thiazole rings is 1. The first-order valence-electron chi connectivity index (χ1n) is 9.07. The molecule has 30 heavy (non-hydrogen) atoms. The molecule has 0 aliphatic rings. The third kappa shape index (κ3) is 4.75. The summed E-state index contributed by atoms with van der Waals surface area (Å²) in [6, 6.07) is 19.6. The molecule has 0 atom stereocenters. The van der Waals surface area contributed by atoms with Crippen molar-refractivity contribution in [1.82, 2.24) is 4.98 Å². The number of anilines is 2. The number of carbonyl (C=O) groups is 1. The van der Waals surface area contributed by atoms with Crippen LogP contribution < -0.4 is 4.90 Å². The lowest BCUT2D eigenvalue weighted by Gasteiger charge is -2.18. The van der Waals surface area contributed by atoms with E-state index in [0.717, 1.165) is 37.8 Å². The lowest BCUT2D eigenvalue weighted by Crippen LogP contribution is -2.23. The molecule has 0 bridgehead atoms.